The lowest BCUT2D eigenvalue weighted by atomic mass is 10.0. The molecule has 0 spiro atoms. The second-order valence-corrected chi connectivity index (χ2v) is 8.54. The molecule has 1 aromatic heterocycles. The van der Waals surface area contributed by atoms with Crippen molar-refractivity contribution in [3.63, 3.8) is 0 Å². The number of benzene rings is 3. The second kappa shape index (κ2) is 13.9. The van der Waals surface area contributed by atoms with Crippen molar-refractivity contribution in [3.8, 4) is 0 Å². The van der Waals surface area contributed by atoms with Gasteiger partial charge in [0.1, 0.15) is 5.69 Å². The van der Waals surface area contributed by atoms with Gasteiger partial charge < -0.3 is 21.8 Å². The first kappa shape index (κ1) is 27.6. The molecule has 0 aliphatic rings. The van der Waals surface area contributed by atoms with Crippen LogP contribution in [0.2, 0.25) is 0 Å². The number of hydrogen-bond acceptors (Lipinski definition) is 5. The van der Waals surface area contributed by atoms with Crippen molar-refractivity contribution in [2.24, 2.45) is 12.8 Å². The van der Waals surface area contributed by atoms with Crippen LogP contribution in [-0.2, 0) is 18.3 Å². The Morgan fingerprint density at radius 2 is 1.50 bits per heavy atom. The Morgan fingerprint density at radius 1 is 0.921 bits per heavy atom. The van der Waals surface area contributed by atoms with E-state index in [4.69, 9.17) is 11.1 Å². The van der Waals surface area contributed by atoms with Crippen molar-refractivity contribution in [1.29, 1.82) is 5.41 Å². The van der Waals surface area contributed by atoms with Crippen LogP contribution in [0.3, 0.4) is 0 Å². The van der Waals surface area contributed by atoms with Crippen molar-refractivity contribution in [3.05, 3.63) is 125 Å². The molecule has 0 saturated carbocycles. The molecule has 3 aromatic carbocycles. The average Bonchev–Trinajstić information content (AvgIpc) is 3.36. The Balaban J connectivity index is 0.000000256. The van der Waals surface area contributed by atoms with E-state index in [1.54, 1.807) is 44.3 Å². The standard InChI is InChI=1S/C17H20N6O2.C13H12/c1-11(19)14(9-18)12-3-5-13(6-4-12)22-16(24)10-20-17(25)15-7-8-21-23(15)2;1-3-7-12(8-4-1)11-13-9-5-2-6-10-13/h3-9,18H,10,19H2,1-2H3,(H,20,25)(H,22,24);1-10H,11H2/b14-11+,18-9?;. The minimum absolute atomic E-state index is 0.153. The maximum Gasteiger partial charge on any atom is 0.269 e. The quantitative estimate of drug-likeness (QED) is 0.263. The summed E-state index contributed by atoms with van der Waals surface area (Å²) < 4.78 is 1.43. The first-order valence-corrected chi connectivity index (χ1v) is 12.1. The fourth-order valence-electron chi connectivity index (χ4n) is 3.64. The highest BCUT2D eigenvalue weighted by molar-refractivity contribution is 6.09. The minimum atomic E-state index is -0.371. The van der Waals surface area contributed by atoms with Crippen molar-refractivity contribution in [1.82, 2.24) is 15.1 Å². The molecule has 194 valence electrons. The maximum atomic E-state index is 11.9. The summed E-state index contributed by atoms with van der Waals surface area (Å²) in [7, 11) is 1.65. The second-order valence-electron chi connectivity index (χ2n) is 8.54. The number of aromatic nitrogens is 2. The molecule has 0 aliphatic carbocycles. The van der Waals surface area contributed by atoms with Crippen LogP contribution in [0.15, 0.2) is 103 Å². The van der Waals surface area contributed by atoms with Crippen LogP contribution in [0, 0.1) is 5.41 Å². The predicted molar refractivity (Wildman–Crippen MR) is 152 cm³/mol. The van der Waals surface area contributed by atoms with E-state index in [1.165, 1.54) is 28.2 Å². The molecule has 4 aromatic rings. The summed E-state index contributed by atoms with van der Waals surface area (Å²) in [5, 5.41) is 16.5. The van der Waals surface area contributed by atoms with Crippen LogP contribution in [0.5, 0.6) is 0 Å². The predicted octanol–water partition coefficient (Wildman–Crippen LogP) is 4.41. The topological polar surface area (TPSA) is 126 Å². The Hall–Kier alpha value is -4.98. The molecule has 2 amide bonds. The number of nitrogens with two attached hydrogens (primary N) is 1. The summed E-state index contributed by atoms with van der Waals surface area (Å²) in [5.74, 6) is -0.717. The number of nitrogens with one attached hydrogen (secondary N) is 3. The highest BCUT2D eigenvalue weighted by Gasteiger charge is 2.11. The molecule has 0 aliphatic heterocycles. The number of amides is 2. The van der Waals surface area contributed by atoms with Gasteiger partial charge in [-0.05, 0) is 48.2 Å². The minimum Gasteiger partial charge on any atom is -0.402 e. The lowest BCUT2D eigenvalue weighted by Gasteiger charge is -2.09. The van der Waals surface area contributed by atoms with Crippen LogP contribution < -0.4 is 16.4 Å². The van der Waals surface area contributed by atoms with Crippen LogP contribution >= 0.6 is 0 Å². The largest absolute Gasteiger partial charge is 0.402 e. The van der Waals surface area contributed by atoms with E-state index in [0.29, 0.717) is 22.7 Å². The number of nitrogens with zero attached hydrogens (tertiary/aromatic N) is 2. The van der Waals surface area contributed by atoms with Gasteiger partial charge in [-0.25, -0.2) is 0 Å². The Bertz CT molecular complexity index is 1340. The van der Waals surface area contributed by atoms with Crippen LogP contribution in [-0.4, -0.2) is 34.4 Å². The third-order valence-corrected chi connectivity index (χ3v) is 5.61. The van der Waals surface area contributed by atoms with E-state index >= 15 is 0 Å². The molecule has 0 fully saturated rings. The maximum absolute atomic E-state index is 11.9. The van der Waals surface area contributed by atoms with E-state index in [0.717, 1.165) is 12.0 Å². The summed E-state index contributed by atoms with van der Waals surface area (Å²) in [5.41, 5.74) is 11.4. The van der Waals surface area contributed by atoms with Gasteiger partial charge in [-0.3, -0.25) is 14.3 Å². The molecular formula is C30H32N6O2. The van der Waals surface area contributed by atoms with Gasteiger partial charge in [0.25, 0.3) is 5.91 Å². The zero-order valence-corrected chi connectivity index (χ0v) is 21.5. The summed E-state index contributed by atoms with van der Waals surface area (Å²) in [6.07, 6.45) is 3.73. The lowest BCUT2D eigenvalue weighted by Crippen LogP contribution is -2.33. The van der Waals surface area contributed by atoms with Gasteiger partial charge in [0.15, 0.2) is 0 Å². The number of carbonyl (C=O) groups excluding carboxylic acids is 2. The number of anilines is 1. The van der Waals surface area contributed by atoms with Crippen LogP contribution in [0.1, 0.15) is 34.1 Å². The average molecular weight is 509 g/mol. The SMILES string of the molecule is C/C(N)=C(/C=N)c1ccc(NC(=O)CNC(=O)c2ccnn2C)cc1.c1ccc(Cc2ccccc2)cc1. The zero-order valence-electron chi connectivity index (χ0n) is 21.5. The molecule has 0 bridgehead atoms. The molecule has 8 nitrogen and oxygen atoms in total. The molecule has 0 unspecified atom stereocenters. The number of carbonyl (C=O) groups is 2. The normalized spacial score (nSPS) is 10.9. The van der Waals surface area contributed by atoms with E-state index in [1.807, 2.05) is 0 Å². The van der Waals surface area contributed by atoms with Crippen molar-refractivity contribution >= 4 is 29.3 Å². The van der Waals surface area contributed by atoms with E-state index < -0.39 is 0 Å². The molecule has 0 radical (unpaired) electrons. The number of allylic oxidation sites excluding steroid dienone is 2. The molecule has 8 heteroatoms. The molecule has 0 atom stereocenters. The third-order valence-electron chi connectivity index (χ3n) is 5.61. The van der Waals surface area contributed by atoms with Gasteiger partial charge >= 0.3 is 0 Å². The fourth-order valence-corrected chi connectivity index (χ4v) is 3.64. The number of hydrogen-bond donors (Lipinski definition) is 4. The van der Waals surface area contributed by atoms with Crippen LogP contribution in [0.25, 0.3) is 5.57 Å². The highest BCUT2D eigenvalue weighted by atomic mass is 16.2. The first-order chi connectivity index (χ1) is 18.4. The molecule has 0 saturated heterocycles. The Labute approximate surface area is 222 Å². The summed E-state index contributed by atoms with van der Waals surface area (Å²) >= 11 is 0. The first-order valence-electron chi connectivity index (χ1n) is 12.1. The van der Waals surface area contributed by atoms with Gasteiger partial charge in [0, 0.05) is 36.4 Å². The number of rotatable bonds is 8. The molecule has 38 heavy (non-hydrogen) atoms. The van der Waals surface area contributed by atoms with E-state index in [9.17, 15) is 9.59 Å². The zero-order chi connectivity index (χ0) is 27.3. The Morgan fingerprint density at radius 3 is 1.97 bits per heavy atom. The van der Waals surface area contributed by atoms with Crippen LogP contribution in [0.4, 0.5) is 5.69 Å². The lowest BCUT2D eigenvalue weighted by molar-refractivity contribution is -0.115. The molecule has 5 N–H and O–H groups in total. The van der Waals surface area contributed by atoms with E-state index in [-0.39, 0.29) is 18.4 Å². The Kier molecular flexibility index (Phi) is 10.1. The summed E-state index contributed by atoms with van der Waals surface area (Å²) in [4.78, 5) is 23.9. The van der Waals surface area contributed by atoms with Gasteiger partial charge in [-0.2, -0.15) is 5.10 Å². The summed E-state index contributed by atoms with van der Waals surface area (Å²) in [6.45, 7) is 1.57. The molecule has 4 rings (SSSR count). The van der Waals surface area contributed by atoms with Gasteiger partial charge in [0.2, 0.25) is 5.91 Å². The fraction of sp³-hybridized carbons (Fsp3) is 0.133. The smallest absolute Gasteiger partial charge is 0.269 e. The highest BCUT2D eigenvalue weighted by Crippen LogP contribution is 2.17. The molecule has 1 heterocycles. The third kappa shape index (κ3) is 8.30. The van der Waals surface area contributed by atoms with Gasteiger partial charge in [-0.1, -0.05) is 72.8 Å². The van der Waals surface area contributed by atoms with Crippen molar-refractivity contribution in [2.75, 3.05) is 11.9 Å². The summed E-state index contributed by atoms with van der Waals surface area (Å²) in [6, 6.07) is 29.6. The van der Waals surface area contributed by atoms with E-state index in [2.05, 4.69) is 76.4 Å². The van der Waals surface area contributed by atoms with Gasteiger partial charge in [-0.15, -0.1) is 0 Å². The van der Waals surface area contributed by atoms with Crippen molar-refractivity contribution < 1.29 is 9.59 Å². The monoisotopic (exact) mass is 508 g/mol. The van der Waals surface area contributed by atoms with Gasteiger partial charge in [0.05, 0.1) is 6.54 Å². The number of aryl methyl sites for hydroxylation is 1. The van der Waals surface area contributed by atoms with Crippen molar-refractivity contribution in [2.45, 2.75) is 13.3 Å². The molecular weight excluding hydrogens is 476 g/mol.